The van der Waals surface area contributed by atoms with E-state index in [-0.39, 0.29) is 12.1 Å². The number of fused-ring (bicyclic) bond motifs is 2. The van der Waals surface area contributed by atoms with E-state index in [4.69, 9.17) is 0 Å². The number of hydrogen-bond donors (Lipinski definition) is 1. The summed E-state index contributed by atoms with van der Waals surface area (Å²) in [6.07, 6.45) is 4.85. The molecule has 25 heavy (non-hydrogen) atoms. The molecule has 0 spiro atoms. The van der Waals surface area contributed by atoms with E-state index in [0.717, 1.165) is 32.5 Å². The van der Waals surface area contributed by atoms with Crippen LogP contribution in [-0.2, 0) is 6.54 Å². The van der Waals surface area contributed by atoms with Crippen LogP contribution in [0.4, 0.5) is 0 Å². The maximum atomic E-state index is 10.6. The number of hydrogen-bond acceptors (Lipinski definition) is 5. The Morgan fingerprint density at radius 1 is 1.16 bits per heavy atom. The number of aromatic nitrogens is 3. The van der Waals surface area contributed by atoms with Crippen molar-refractivity contribution in [2.24, 2.45) is 11.8 Å². The molecule has 4 atom stereocenters. The van der Waals surface area contributed by atoms with Gasteiger partial charge in [-0.3, -0.25) is 4.90 Å². The number of likely N-dealkylation sites (tertiary alicyclic amines) is 1. The summed E-state index contributed by atoms with van der Waals surface area (Å²) in [6, 6.07) is 11.0. The summed E-state index contributed by atoms with van der Waals surface area (Å²) in [6.45, 7) is 3.24. The molecule has 1 saturated carbocycles. The normalized spacial score (nSPS) is 30.0. The van der Waals surface area contributed by atoms with Gasteiger partial charge < -0.3 is 5.11 Å². The largest absolute Gasteiger partial charge is 0.391 e. The maximum absolute atomic E-state index is 10.6. The molecule has 6 heteroatoms. The first kappa shape index (κ1) is 15.5. The van der Waals surface area contributed by atoms with Gasteiger partial charge >= 0.3 is 0 Å². The molecule has 3 heterocycles. The van der Waals surface area contributed by atoms with E-state index in [9.17, 15) is 5.11 Å². The van der Waals surface area contributed by atoms with E-state index in [2.05, 4.69) is 45.3 Å². The van der Waals surface area contributed by atoms with Gasteiger partial charge in [0.15, 0.2) is 0 Å². The van der Waals surface area contributed by atoms with Crippen LogP contribution in [-0.4, -0.2) is 44.0 Å². The van der Waals surface area contributed by atoms with Crippen LogP contribution in [0.15, 0.2) is 43.0 Å². The Labute approximate surface area is 150 Å². The summed E-state index contributed by atoms with van der Waals surface area (Å²) in [5.74, 6) is 1.25. The topological polar surface area (TPSA) is 54.2 Å². The maximum Gasteiger partial charge on any atom is 0.137 e. The molecule has 1 N–H and O–H groups in total. The monoisotopic (exact) mass is 354 g/mol. The average molecular weight is 354 g/mol. The van der Waals surface area contributed by atoms with Gasteiger partial charge in [0.2, 0.25) is 0 Å². The van der Waals surface area contributed by atoms with Crippen LogP contribution >= 0.6 is 11.3 Å². The van der Waals surface area contributed by atoms with Crippen LogP contribution < -0.4 is 0 Å². The van der Waals surface area contributed by atoms with Crippen LogP contribution in [0.5, 0.6) is 0 Å². The lowest BCUT2D eigenvalue weighted by molar-refractivity contribution is 0.0304. The zero-order chi connectivity index (χ0) is 16.8. The molecular formula is C19H22N4OS. The Bertz CT molecular complexity index is 828. The molecule has 2 aliphatic rings. The van der Waals surface area contributed by atoms with Crippen molar-refractivity contribution in [3.63, 3.8) is 0 Å². The Morgan fingerprint density at radius 2 is 2.00 bits per heavy atom. The minimum Gasteiger partial charge on any atom is -0.391 e. The van der Waals surface area contributed by atoms with Gasteiger partial charge in [-0.1, -0.05) is 18.2 Å². The predicted molar refractivity (Wildman–Crippen MR) is 98.4 cm³/mol. The van der Waals surface area contributed by atoms with E-state index in [1.54, 1.807) is 12.7 Å². The third-order valence-electron chi connectivity index (χ3n) is 5.82. The highest BCUT2D eigenvalue weighted by Gasteiger charge is 2.42. The van der Waals surface area contributed by atoms with Crippen molar-refractivity contribution < 1.29 is 5.11 Å². The van der Waals surface area contributed by atoms with E-state index < -0.39 is 0 Å². The smallest absolute Gasteiger partial charge is 0.137 e. The van der Waals surface area contributed by atoms with E-state index in [0.29, 0.717) is 11.8 Å². The van der Waals surface area contributed by atoms with Gasteiger partial charge in [0.25, 0.3) is 0 Å². The lowest BCUT2D eigenvalue weighted by Crippen LogP contribution is -2.36. The molecule has 2 fully saturated rings. The van der Waals surface area contributed by atoms with Gasteiger partial charge in [0.1, 0.15) is 12.7 Å². The Kier molecular flexibility index (Phi) is 3.84. The second-order valence-corrected chi connectivity index (χ2v) is 8.61. The van der Waals surface area contributed by atoms with Crippen molar-refractivity contribution in [1.82, 2.24) is 19.7 Å². The number of rotatable bonds is 3. The van der Waals surface area contributed by atoms with Crippen LogP contribution in [0.25, 0.3) is 10.1 Å². The van der Waals surface area contributed by atoms with Crippen molar-refractivity contribution in [2.75, 3.05) is 13.1 Å². The first-order chi connectivity index (χ1) is 12.3. The van der Waals surface area contributed by atoms with E-state index in [1.165, 1.54) is 15.0 Å². The standard InChI is InChI=1S/C19H22N4OS/c24-18-7-15-9-22(8-14(15)6-17(18)23-12-20-11-21-23)10-16-5-13-3-1-2-4-19(13)25-16/h1-5,11-12,14-15,17-18,24H,6-10H2/t14-,15+,17-,18-/m1/s1. The van der Waals surface area contributed by atoms with E-state index >= 15 is 0 Å². The number of thiophene rings is 1. The lowest BCUT2D eigenvalue weighted by Gasteiger charge is -2.35. The summed E-state index contributed by atoms with van der Waals surface area (Å²) in [4.78, 5) is 8.04. The minimum atomic E-state index is -0.313. The molecule has 0 radical (unpaired) electrons. The fraction of sp³-hybridized carbons (Fsp3) is 0.474. The van der Waals surface area contributed by atoms with Crippen molar-refractivity contribution in [3.05, 3.63) is 47.9 Å². The second kappa shape index (κ2) is 6.20. The second-order valence-electron chi connectivity index (χ2n) is 7.45. The summed E-state index contributed by atoms with van der Waals surface area (Å²) in [5.41, 5.74) is 0. The van der Waals surface area contributed by atoms with Crippen molar-refractivity contribution in [1.29, 1.82) is 0 Å². The first-order valence-corrected chi connectivity index (χ1v) is 9.80. The summed E-state index contributed by atoms with van der Waals surface area (Å²) >= 11 is 1.90. The molecule has 3 aromatic rings. The van der Waals surface area contributed by atoms with Crippen molar-refractivity contribution in [3.8, 4) is 0 Å². The molecule has 0 amide bonds. The molecule has 1 aliphatic carbocycles. The number of nitrogens with zero attached hydrogens (tertiary/aromatic N) is 4. The molecule has 1 aliphatic heterocycles. The molecule has 0 bridgehead atoms. The van der Waals surface area contributed by atoms with Gasteiger partial charge in [-0.15, -0.1) is 11.3 Å². The van der Waals surface area contributed by atoms with Crippen LogP contribution in [0.3, 0.4) is 0 Å². The van der Waals surface area contributed by atoms with Crippen molar-refractivity contribution in [2.45, 2.75) is 31.5 Å². The molecule has 5 rings (SSSR count). The number of aliphatic hydroxyl groups excluding tert-OH is 1. The Balaban J connectivity index is 1.29. The summed E-state index contributed by atoms with van der Waals surface area (Å²) in [5, 5.41) is 16.2. The molecular weight excluding hydrogens is 332 g/mol. The van der Waals surface area contributed by atoms with Gasteiger partial charge in [-0.2, -0.15) is 5.10 Å². The zero-order valence-electron chi connectivity index (χ0n) is 14.0. The third-order valence-corrected chi connectivity index (χ3v) is 6.92. The molecule has 5 nitrogen and oxygen atoms in total. The fourth-order valence-electron chi connectivity index (χ4n) is 4.64. The summed E-state index contributed by atoms with van der Waals surface area (Å²) in [7, 11) is 0. The lowest BCUT2D eigenvalue weighted by atomic mass is 9.77. The molecule has 1 aromatic carbocycles. The van der Waals surface area contributed by atoms with Crippen LogP contribution in [0.1, 0.15) is 23.8 Å². The quantitative estimate of drug-likeness (QED) is 0.786. The highest BCUT2D eigenvalue weighted by molar-refractivity contribution is 7.19. The van der Waals surface area contributed by atoms with Crippen molar-refractivity contribution >= 4 is 21.4 Å². The highest BCUT2D eigenvalue weighted by atomic mass is 32.1. The summed E-state index contributed by atoms with van der Waals surface area (Å²) < 4.78 is 3.21. The van der Waals surface area contributed by atoms with E-state index in [1.807, 2.05) is 16.0 Å². The van der Waals surface area contributed by atoms with Gasteiger partial charge in [0.05, 0.1) is 12.1 Å². The molecule has 130 valence electrons. The van der Waals surface area contributed by atoms with Gasteiger partial charge in [-0.25, -0.2) is 9.67 Å². The number of aliphatic hydroxyl groups is 1. The Hall–Kier alpha value is -1.76. The zero-order valence-corrected chi connectivity index (χ0v) is 14.8. The molecule has 2 aromatic heterocycles. The highest BCUT2D eigenvalue weighted by Crippen LogP contribution is 2.41. The van der Waals surface area contributed by atoms with Gasteiger partial charge in [0, 0.05) is 29.2 Å². The average Bonchev–Trinajstić information content (AvgIpc) is 3.32. The van der Waals surface area contributed by atoms with Crippen LogP contribution in [0.2, 0.25) is 0 Å². The minimum absolute atomic E-state index is 0.0769. The Morgan fingerprint density at radius 3 is 2.80 bits per heavy atom. The number of benzene rings is 1. The SMILES string of the molecule is O[C@@H]1C[C@H]2CN(Cc3cc4ccccc4s3)C[C@H]2C[C@H]1n1cncn1. The van der Waals surface area contributed by atoms with Gasteiger partial charge in [-0.05, 0) is 42.2 Å². The predicted octanol–water partition coefficient (Wildman–Crippen LogP) is 2.94. The molecule has 1 saturated heterocycles. The first-order valence-electron chi connectivity index (χ1n) is 8.98. The van der Waals surface area contributed by atoms with Crippen LogP contribution in [0, 0.1) is 11.8 Å². The fourth-order valence-corrected chi connectivity index (χ4v) is 5.75. The third kappa shape index (κ3) is 2.88. The molecule has 0 unspecified atom stereocenters.